The van der Waals surface area contributed by atoms with Crippen molar-refractivity contribution in [3.8, 4) is 22.8 Å². The van der Waals surface area contributed by atoms with Crippen LogP contribution < -0.4 is 20.1 Å². The van der Waals surface area contributed by atoms with Crippen LogP contribution >= 0.6 is 0 Å². The van der Waals surface area contributed by atoms with Crippen molar-refractivity contribution in [3.05, 3.63) is 48.8 Å². The maximum atomic E-state index is 5.34. The number of anilines is 3. The number of hydrogen-bond acceptors (Lipinski definition) is 7. The van der Waals surface area contributed by atoms with E-state index in [0.29, 0.717) is 29.3 Å². The summed E-state index contributed by atoms with van der Waals surface area (Å²) in [6.45, 7) is 0. The highest BCUT2D eigenvalue weighted by Crippen LogP contribution is 2.30. The fraction of sp³-hybridized carbons (Fsp3) is 0.250. The van der Waals surface area contributed by atoms with Crippen LogP contribution in [-0.4, -0.2) is 35.2 Å². The summed E-state index contributed by atoms with van der Waals surface area (Å²) in [7, 11) is 3.25. The second-order valence-electron chi connectivity index (χ2n) is 6.35. The van der Waals surface area contributed by atoms with Crippen molar-refractivity contribution in [2.45, 2.75) is 18.9 Å². The van der Waals surface area contributed by atoms with Crippen molar-refractivity contribution in [1.82, 2.24) is 15.0 Å². The van der Waals surface area contributed by atoms with Crippen LogP contribution in [0, 0.1) is 0 Å². The van der Waals surface area contributed by atoms with Gasteiger partial charge in [-0.3, -0.25) is 4.98 Å². The van der Waals surface area contributed by atoms with Gasteiger partial charge in [-0.2, -0.15) is 4.98 Å². The van der Waals surface area contributed by atoms with Gasteiger partial charge in [-0.15, -0.1) is 0 Å². The first-order valence-corrected chi connectivity index (χ1v) is 8.79. The second kappa shape index (κ2) is 7.49. The van der Waals surface area contributed by atoms with Gasteiger partial charge in [0.25, 0.3) is 0 Å². The van der Waals surface area contributed by atoms with Crippen LogP contribution in [0.25, 0.3) is 11.3 Å². The van der Waals surface area contributed by atoms with Crippen molar-refractivity contribution in [1.29, 1.82) is 0 Å². The molecule has 0 atom stereocenters. The highest BCUT2D eigenvalue weighted by molar-refractivity contribution is 5.68. The number of hydrogen-bond donors (Lipinski definition) is 2. The molecule has 0 amide bonds. The van der Waals surface area contributed by atoms with E-state index in [-0.39, 0.29) is 0 Å². The molecule has 7 nitrogen and oxygen atoms in total. The summed E-state index contributed by atoms with van der Waals surface area (Å²) in [4.78, 5) is 13.4. The molecule has 0 spiro atoms. The monoisotopic (exact) mass is 363 g/mol. The van der Waals surface area contributed by atoms with E-state index < -0.39 is 0 Å². The number of ether oxygens (including phenoxy) is 2. The molecule has 1 aromatic carbocycles. The zero-order valence-electron chi connectivity index (χ0n) is 15.3. The van der Waals surface area contributed by atoms with E-state index in [1.165, 1.54) is 0 Å². The summed E-state index contributed by atoms with van der Waals surface area (Å²) in [5.74, 6) is 2.70. The van der Waals surface area contributed by atoms with Crippen molar-refractivity contribution in [3.63, 3.8) is 0 Å². The van der Waals surface area contributed by atoms with Gasteiger partial charge < -0.3 is 20.1 Å². The zero-order chi connectivity index (χ0) is 18.6. The molecule has 27 heavy (non-hydrogen) atoms. The lowest BCUT2D eigenvalue weighted by molar-refractivity contribution is 0.395. The van der Waals surface area contributed by atoms with Crippen LogP contribution in [0.3, 0.4) is 0 Å². The molecular weight excluding hydrogens is 342 g/mol. The largest absolute Gasteiger partial charge is 0.497 e. The highest BCUT2D eigenvalue weighted by atomic mass is 16.5. The quantitative estimate of drug-likeness (QED) is 0.659. The first kappa shape index (κ1) is 17.1. The van der Waals surface area contributed by atoms with Crippen molar-refractivity contribution in [2.75, 3.05) is 24.9 Å². The molecule has 138 valence electrons. The minimum absolute atomic E-state index is 0.457. The lowest BCUT2D eigenvalue weighted by Crippen LogP contribution is -2.08. The fourth-order valence-electron chi connectivity index (χ4n) is 2.68. The zero-order valence-corrected chi connectivity index (χ0v) is 15.3. The van der Waals surface area contributed by atoms with Gasteiger partial charge in [-0.25, -0.2) is 4.98 Å². The predicted octanol–water partition coefficient (Wildman–Crippen LogP) is 3.87. The average Bonchev–Trinajstić information content (AvgIpc) is 3.52. The molecule has 0 bridgehead atoms. The predicted molar refractivity (Wildman–Crippen MR) is 105 cm³/mol. The number of aromatic nitrogens is 3. The van der Waals surface area contributed by atoms with Crippen molar-refractivity contribution in [2.24, 2.45) is 0 Å². The van der Waals surface area contributed by atoms with Crippen LogP contribution in [-0.2, 0) is 0 Å². The minimum atomic E-state index is 0.457. The van der Waals surface area contributed by atoms with Crippen LogP contribution in [0.4, 0.5) is 17.5 Å². The summed E-state index contributed by atoms with van der Waals surface area (Å²) in [5, 5.41) is 6.69. The highest BCUT2D eigenvalue weighted by Gasteiger charge is 2.22. The van der Waals surface area contributed by atoms with Crippen LogP contribution in [0.2, 0.25) is 0 Å². The summed E-state index contributed by atoms with van der Waals surface area (Å²) in [5.41, 5.74) is 2.56. The molecule has 2 aromatic heterocycles. The van der Waals surface area contributed by atoms with Crippen LogP contribution in [0.15, 0.2) is 48.8 Å². The molecule has 1 fully saturated rings. The Morgan fingerprint density at radius 1 is 1.00 bits per heavy atom. The number of nitrogens with zero attached hydrogens (tertiary/aromatic N) is 3. The number of methoxy groups -OCH3 is 2. The van der Waals surface area contributed by atoms with Gasteiger partial charge >= 0.3 is 0 Å². The maximum absolute atomic E-state index is 5.34. The fourth-order valence-corrected chi connectivity index (χ4v) is 2.68. The van der Waals surface area contributed by atoms with E-state index in [1.807, 2.05) is 36.4 Å². The van der Waals surface area contributed by atoms with E-state index in [1.54, 1.807) is 26.6 Å². The smallest absolute Gasteiger partial charge is 0.225 e. The molecule has 4 rings (SSSR count). The third kappa shape index (κ3) is 4.25. The number of rotatable bonds is 7. The molecule has 1 saturated carbocycles. The van der Waals surface area contributed by atoms with Gasteiger partial charge in [0.15, 0.2) is 0 Å². The Morgan fingerprint density at radius 2 is 1.78 bits per heavy atom. The molecule has 1 aliphatic carbocycles. The Kier molecular flexibility index (Phi) is 4.74. The summed E-state index contributed by atoms with van der Waals surface area (Å²) < 4.78 is 10.7. The molecule has 0 aliphatic heterocycles. The Labute approximate surface area is 157 Å². The van der Waals surface area contributed by atoms with E-state index in [4.69, 9.17) is 9.47 Å². The third-order valence-electron chi connectivity index (χ3n) is 4.22. The number of benzene rings is 1. The Morgan fingerprint density at radius 3 is 2.41 bits per heavy atom. The maximum Gasteiger partial charge on any atom is 0.225 e. The molecule has 0 saturated heterocycles. The standard InChI is InChI=1S/C20H21N5O2/c1-26-16-8-15(9-17(10-16)27-2)22-19-11-18(13-4-3-7-21-12-13)24-20(25-19)23-14-5-6-14/h3-4,7-12,14H,5-6H2,1-2H3,(H2,22,23,24,25). The SMILES string of the molecule is COc1cc(Nc2cc(-c3cccnc3)nc(NC3CC3)n2)cc(OC)c1. The van der Waals surface area contributed by atoms with E-state index >= 15 is 0 Å². The van der Waals surface area contributed by atoms with E-state index in [0.717, 1.165) is 29.8 Å². The lowest BCUT2D eigenvalue weighted by atomic mass is 10.2. The topological polar surface area (TPSA) is 81.2 Å². The first-order chi connectivity index (χ1) is 13.2. The molecule has 0 unspecified atom stereocenters. The van der Waals surface area contributed by atoms with Crippen LogP contribution in [0.1, 0.15) is 12.8 Å². The van der Waals surface area contributed by atoms with E-state index in [9.17, 15) is 0 Å². The van der Waals surface area contributed by atoms with Gasteiger partial charge in [0.05, 0.1) is 19.9 Å². The molecule has 1 aliphatic rings. The lowest BCUT2D eigenvalue weighted by Gasteiger charge is -2.13. The summed E-state index contributed by atoms with van der Waals surface area (Å²) >= 11 is 0. The molecular formula is C20H21N5O2. The first-order valence-electron chi connectivity index (χ1n) is 8.79. The molecule has 3 aromatic rings. The van der Waals surface area contributed by atoms with Gasteiger partial charge in [0.1, 0.15) is 17.3 Å². The molecule has 2 heterocycles. The number of pyridine rings is 1. The molecule has 0 radical (unpaired) electrons. The van der Waals surface area contributed by atoms with E-state index in [2.05, 4.69) is 25.6 Å². The molecule has 2 N–H and O–H groups in total. The molecule has 7 heteroatoms. The third-order valence-corrected chi connectivity index (χ3v) is 4.22. The normalized spacial score (nSPS) is 13.1. The Balaban J connectivity index is 1.69. The van der Waals surface area contributed by atoms with Gasteiger partial charge in [0, 0.05) is 54.0 Å². The Hall–Kier alpha value is -3.35. The van der Waals surface area contributed by atoms with Gasteiger partial charge in [0.2, 0.25) is 5.95 Å². The number of nitrogens with one attached hydrogen (secondary N) is 2. The second-order valence-corrected chi connectivity index (χ2v) is 6.35. The minimum Gasteiger partial charge on any atom is -0.497 e. The Bertz CT molecular complexity index is 907. The van der Waals surface area contributed by atoms with Crippen molar-refractivity contribution < 1.29 is 9.47 Å². The average molecular weight is 363 g/mol. The van der Waals surface area contributed by atoms with Crippen molar-refractivity contribution >= 4 is 17.5 Å². The summed E-state index contributed by atoms with van der Waals surface area (Å²) in [6, 6.07) is 11.8. The van der Waals surface area contributed by atoms with Gasteiger partial charge in [-0.1, -0.05) is 0 Å². The van der Waals surface area contributed by atoms with Gasteiger partial charge in [-0.05, 0) is 25.0 Å². The van der Waals surface area contributed by atoms with Crippen LogP contribution in [0.5, 0.6) is 11.5 Å². The summed E-state index contributed by atoms with van der Waals surface area (Å²) in [6.07, 6.45) is 5.84.